The molecule has 1 aromatic carbocycles. The van der Waals surface area contributed by atoms with Crippen molar-refractivity contribution in [3.8, 4) is 0 Å². The van der Waals surface area contributed by atoms with Crippen LogP contribution in [0.4, 0.5) is 15.8 Å². The van der Waals surface area contributed by atoms with Crippen LogP contribution in [0.2, 0.25) is 0 Å². The second kappa shape index (κ2) is 5.57. The van der Waals surface area contributed by atoms with Crippen LogP contribution >= 0.6 is 0 Å². The van der Waals surface area contributed by atoms with Crippen LogP contribution in [-0.2, 0) is 0 Å². The van der Waals surface area contributed by atoms with Crippen LogP contribution in [0.3, 0.4) is 0 Å². The number of halogens is 1. The average Bonchev–Trinajstić information content (AvgIpc) is 2.34. The first-order valence-corrected chi connectivity index (χ1v) is 6.53. The summed E-state index contributed by atoms with van der Waals surface area (Å²) in [7, 11) is 0. The van der Waals surface area contributed by atoms with Crippen molar-refractivity contribution in [2.75, 3.05) is 30.3 Å². The molecular weight excluding hydrogens is 231 g/mol. The highest BCUT2D eigenvalue weighted by Gasteiger charge is 2.21. The van der Waals surface area contributed by atoms with Crippen LogP contribution in [0, 0.1) is 18.7 Å². The molecule has 0 aromatic heterocycles. The summed E-state index contributed by atoms with van der Waals surface area (Å²) in [5.41, 5.74) is 7.97. The molecule has 3 N–H and O–H groups in total. The van der Waals surface area contributed by atoms with E-state index in [1.807, 2.05) is 6.07 Å². The highest BCUT2D eigenvalue weighted by Crippen LogP contribution is 2.31. The van der Waals surface area contributed by atoms with Gasteiger partial charge in [0.2, 0.25) is 0 Å². The fraction of sp³-hybridized carbons (Fsp3) is 0.571. The highest BCUT2D eigenvalue weighted by molar-refractivity contribution is 5.69. The Balaban J connectivity index is 2.18. The normalized spacial score (nSPS) is 20.2. The molecule has 4 heteroatoms. The number of benzene rings is 1. The summed E-state index contributed by atoms with van der Waals surface area (Å²) in [5.74, 6) is 0.258. The Morgan fingerprint density at radius 2 is 2.28 bits per heavy atom. The summed E-state index contributed by atoms with van der Waals surface area (Å²) >= 11 is 0. The lowest BCUT2D eigenvalue weighted by Gasteiger charge is -2.35. The van der Waals surface area contributed by atoms with Crippen LogP contribution in [0.15, 0.2) is 12.1 Å². The number of nitrogens with zero attached hydrogens (tertiary/aromatic N) is 1. The first-order valence-electron chi connectivity index (χ1n) is 6.53. The Morgan fingerprint density at radius 1 is 1.50 bits per heavy atom. The van der Waals surface area contributed by atoms with Gasteiger partial charge in [0.25, 0.3) is 0 Å². The molecule has 1 aromatic rings. The summed E-state index contributed by atoms with van der Waals surface area (Å²) in [5, 5.41) is 9.02. The van der Waals surface area contributed by atoms with Gasteiger partial charge < -0.3 is 15.7 Å². The zero-order chi connectivity index (χ0) is 13.1. The largest absolute Gasteiger partial charge is 0.397 e. The van der Waals surface area contributed by atoms with Gasteiger partial charge >= 0.3 is 0 Å². The van der Waals surface area contributed by atoms with Gasteiger partial charge in [0.15, 0.2) is 0 Å². The minimum Gasteiger partial charge on any atom is -0.397 e. The van der Waals surface area contributed by atoms with Crippen LogP contribution in [0.25, 0.3) is 0 Å². The molecule has 1 fully saturated rings. The smallest absolute Gasteiger partial charge is 0.128 e. The molecule has 0 aliphatic carbocycles. The van der Waals surface area contributed by atoms with E-state index in [1.165, 1.54) is 6.07 Å². The van der Waals surface area contributed by atoms with Crippen molar-refractivity contribution in [2.45, 2.75) is 26.2 Å². The molecule has 2 rings (SSSR count). The summed E-state index contributed by atoms with van der Waals surface area (Å²) in [6.07, 6.45) is 3.08. The van der Waals surface area contributed by atoms with Crippen molar-refractivity contribution in [3.63, 3.8) is 0 Å². The van der Waals surface area contributed by atoms with Gasteiger partial charge in [0.1, 0.15) is 5.82 Å². The molecule has 1 heterocycles. The fourth-order valence-corrected chi connectivity index (χ4v) is 2.66. The molecular formula is C14H21FN2O. The van der Waals surface area contributed by atoms with E-state index in [2.05, 4.69) is 4.90 Å². The fourth-order valence-electron chi connectivity index (χ4n) is 2.66. The molecule has 0 saturated carbocycles. The number of hydrogen-bond acceptors (Lipinski definition) is 3. The van der Waals surface area contributed by atoms with E-state index in [-0.39, 0.29) is 12.4 Å². The topological polar surface area (TPSA) is 49.5 Å². The Bertz CT molecular complexity index is 421. The predicted molar refractivity (Wildman–Crippen MR) is 72.2 cm³/mol. The van der Waals surface area contributed by atoms with Crippen molar-refractivity contribution in [2.24, 2.45) is 5.92 Å². The summed E-state index contributed by atoms with van der Waals surface area (Å²) in [4.78, 5) is 2.21. The lowest BCUT2D eigenvalue weighted by Crippen LogP contribution is -2.36. The van der Waals surface area contributed by atoms with Gasteiger partial charge in [0.05, 0.1) is 11.4 Å². The number of aryl methyl sites for hydroxylation is 1. The van der Waals surface area contributed by atoms with Crippen LogP contribution in [0.5, 0.6) is 0 Å². The zero-order valence-electron chi connectivity index (χ0n) is 10.8. The zero-order valence-corrected chi connectivity index (χ0v) is 10.8. The number of rotatable bonds is 3. The maximum atomic E-state index is 13.4. The molecule has 18 heavy (non-hydrogen) atoms. The Kier molecular flexibility index (Phi) is 4.07. The number of hydrogen-bond donors (Lipinski definition) is 2. The quantitative estimate of drug-likeness (QED) is 0.812. The third-order valence-corrected chi connectivity index (χ3v) is 3.70. The van der Waals surface area contributed by atoms with E-state index in [1.54, 1.807) is 6.92 Å². The molecule has 1 aliphatic heterocycles. The van der Waals surface area contributed by atoms with Gasteiger partial charge in [-0.25, -0.2) is 4.39 Å². The van der Waals surface area contributed by atoms with E-state index in [4.69, 9.17) is 10.8 Å². The van der Waals surface area contributed by atoms with E-state index in [9.17, 15) is 4.39 Å². The standard InChI is InChI=1S/C14H21FN2O/c1-10-7-14(13(16)8-12(10)15)17-5-2-3-11(9-17)4-6-18/h7-8,11,18H,2-6,9,16H2,1H3. The van der Waals surface area contributed by atoms with Gasteiger partial charge in [0, 0.05) is 19.7 Å². The summed E-state index contributed by atoms with van der Waals surface area (Å²) in [6, 6.07) is 3.23. The number of anilines is 2. The lowest BCUT2D eigenvalue weighted by molar-refractivity contribution is 0.244. The molecule has 1 unspecified atom stereocenters. The summed E-state index contributed by atoms with van der Waals surface area (Å²) < 4.78 is 13.4. The molecule has 0 amide bonds. The number of piperidine rings is 1. The third-order valence-electron chi connectivity index (χ3n) is 3.70. The first-order chi connectivity index (χ1) is 8.61. The molecule has 0 spiro atoms. The molecule has 100 valence electrons. The Hall–Kier alpha value is -1.29. The molecule has 1 atom stereocenters. The number of aliphatic hydroxyl groups is 1. The first kappa shape index (κ1) is 13.1. The number of nitrogens with two attached hydrogens (primary N) is 1. The second-order valence-corrected chi connectivity index (χ2v) is 5.13. The Morgan fingerprint density at radius 3 is 3.00 bits per heavy atom. The van der Waals surface area contributed by atoms with E-state index in [0.717, 1.165) is 38.0 Å². The van der Waals surface area contributed by atoms with E-state index in [0.29, 0.717) is 17.2 Å². The van der Waals surface area contributed by atoms with Crippen molar-refractivity contribution >= 4 is 11.4 Å². The van der Waals surface area contributed by atoms with Crippen molar-refractivity contribution in [1.29, 1.82) is 0 Å². The summed E-state index contributed by atoms with van der Waals surface area (Å²) in [6.45, 7) is 3.84. The average molecular weight is 252 g/mol. The minimum absolute atomic E-state index is 0.233. The van der Waals surface area contributed by atoms with Gasteiger partial charge in [-0.2, -0.15) is 0 Å². The van der Waals surface area contributed by atoms with Crippen molar-refractivity contribution < 1.29 is 9.50 Å². The molecule has 3 nitrogen and oxygen atoms in total. The van der Waals surface area contributed by atoms with E-state index < -0.39 is 0 Å². The predicted octanol–water partition coefficient (Wildman–Crippen LogP) is 2.32. The highest BCUT2D eigenvalue weighted by atomic mass is 19.1. The van der Waals surface area contributed by atoms with Crippen LogP contribution in [0.1, 0.15) is 24.8 Å². The van der Waals surface area contributed by atoms with Gasteiger partial charge in [-0.1, -0.05) is 0 Å². The SMILES string of the molecule is Cc1cc(N2CCCC(CCO)C2)c(N)cc1F. The van der Waals surface area contributed by atoms with Crippen LogP contribution < -0.4 is 10.6 Å². The maximum Gasteiger partial charge on any atom is 0.128 e. The second-order valence-electron chi connectivity index (χ2n) is 5.13. The molecule has 0 bridgehead atoms. The lowest BCUT2D eigenvalue weighted by atomic mass is 9.94. The maximum absolute atomic E-state index is 13.4. The van der Waals surface area contributed by atoms with Crippen molar-refractivity contribution in [3.05, 3.63) is 23.5 Å². The monoisotopic (exact) mass is 252 g/mol. The van der Waals surface area contributed by atoms with Crippen LogP contribution in [-0.4, -0.2) is 24.8 Å². The minimum atomic E-state index is -0.250. The van der Waals surface area contributed by atoms with Gasteiger partial charge in [-0.05, 0) is 49.8 Å². The van der Waals surface area contributed by atoms with Gasteiger partial charge in [-0.15, -0.1) is 0 Å². The molecule has 0 radical (unpaired) electrons. The van der Waals surface area contributed by atoms with E-state index >= 15 is 0 Å². The number of aliphatic hydroxyl groups excluding tert-OH is 1. The third kappa shape index (κ3) is 2.75. The van der Waals surface area contributed by atoms with Crippen molar-refractivity contribution in [1.82, 2.24) is 0 Å². The molecule has 1 saturated heterocycles. The van der Waals surface area contributed by atoms with Gasteiger partial charge in [-0.3, -0.25) is 0 Å². The molecule has 1 aliphatic rings. The number of nitrogen functional groups attached to an aromatic ring is 1. The Labute approximate surface area is 107 Å².